The predicted molar refractivity (Wildman–Crippen MR) is 174 cm³/mol. The van der Waals surface area contributed by atoms with Crippen LogP contribution in [0.3, 0.4) is 0 Å². The molecule has 1 unspecified atom stereocenters. The highest BCUT2D eigenvalue weighted by atomic mass is 15.0. The summed E-state index contributed by atoms with van der Waals surface area (Å²) in [4.78, 5) is 0. The molecule has 2 aliphatic rings. The van der Waals surface area contributed by atoms with E-state index in [9.17, 15) is 0 Å². The van der Waals surface area contributed by atoms with E-state index >= 15 is 0 Å². The van der Waals surface area contributed by atoms with Crippen LogP contribution in [0.2, 0.25) is 0 Å². The maximum Gasteiger partial charge on any atom is 0.0760 e. The van der Waals surface area contributed by atoms with Crippen molar-refractivity contribution in [3.63, 3.8) is 0 Å². The molecule has 0 saturated carbocycles. The van der Waals surface area contributed by atoms with Gasteiger partial charge in [0, 0.05) is 10.8 Å². The third-order valence-corrected chi connectivity index (χ3v) is 9.12. The number of para-hydroxylation sites is 3. The van der Waals surface area contributed by atoms with Crippen molar-refractivity contribution in [3.05, 3.63) is 172 Å². The van der Waals surface area contributed by atoms with Gasteiger partial charge < -0.3 is 4.57 Å². The zero-order valence-corrected chi connectivity index (χ0v) is 23.7. The maximum absolute atomic E-state index is 4.89. The molecule has 8 rings (SSSR count). The standard InChI is InChI=1S/C40H31N/c1-5-13-31-29-14-6-8-17-33(29)40(38(31)27(4)28-23-25(2)22-26(3)24-28)34-18-9-11-21-37(34)41-36-20-10-7-15-30(36)32-16-12-19-35(40)39(32)41/h5-24H,4H2,1-3H3/b13-5-. The average molecular weight is 526 g/mol. The molecule has 1 aliphatic heterocycles. The lowest BCUT2D eigenvalue weighted by atomic mass is 9.62. The number of benzene rings is 5. The van der Waals surface area contributed by atoms with E-state index < -0.39 is 5.41 Å². The second kappa shape index (κ2) is 8.56. The molecular weight excluding hydrogens is 494 g/mol. The Morgan fingerprint density at radius 2 is 1.37 bits per heavy atom. The van der Waals surface area contributed by atoms with Gasteiger partial charge in [-0.05, 0) is 77.4 Å². The Labute approximate surface area is 241 Å². The number of hydrogen-bond acceptors (Lipinski definition) is 0. The molecule has 196 valence electrons. The van der Waals surface area contributed by atoms with Crippen LogP contribution in [-0.2, 0) is 5.41 Å². The van der Waals surface area contributed by atoms with E-state index in [0.29, 0.717) is 0 Å². The molecule has 1 heteroatoms. The molecule has 5 aromatic carbocycles. The van der Waals surface area contributed by atoms with Gasteiger partial charge in [0.1, 0.15) is 0 Å². The highest BCUT2D eigenvalue weighted by Gasteiger charge is 2.52. The molecule has 1 atom stereocenters. The summed E-state index contributed by atoms with van der Waals surface area (Å²) in [5, 5.41) is 2.58. The van der Waals surface area contributed by atoms with E-state index in [1.165, 1.54) is 77.6 Å². The number of nitrogens with zero attached hydrogens (tertiary/aromatic N) is 1. The zero-order chi connectivity index (χ0) is 27.9. The van der Waals surface area contributed by atoms with E-state index in [2.05, 4.69) is 147 Å². The summed E-state index contributed by atoms with van der Waals surface area (Å²) < 4.78 is 2.49. The maximum atomic E-state index is 4.89. The van der Waals surface area contributed by atoms with Crippen molar-refractivity contribution in [3.8, 4) is 5.69 Å². The van der Waals surface area contributed by atoms with Gasteiger partial charge in [-0.15, -0.1) is 0 Å². The lowest BCUT2D eigenvalue weighted by molar-refractivity contribution is 0.746. The molecule has 41 heavy (non-hydrogen) atoms. The fourth-order valence-electron chi connectivity index (χ4n) is 7.80. The Balaban J connectivity index is 1.61. The molecular formula is C40H31N. The van der Waals surface area contributed by atoms with Crippen molar-refractivity contribution in [1.29, 1.82) is 0 Å². The van der Waals surface area contributed by atoms with Crippen LogP contribution in [-0.4, -0.2) is 4.57 Å². The van der Waals surface area contributed by atoms with E-state index in [0.717, 1.165) is 5.57 Å². The SMILES string of the molecule is C=C(C1=C(/C=C\C)c2ccccc2C12c1ccccc1-n1c3ccccc3c3cccc2c31)c1cc(C)cc(C)c1. The van der Waals surface area contributed by atoms with Crippen LogP contribution in [0.4, 0.5) is 0 Å². The second-order valence-corrected chi connectivity index (χ2v) is 11.5. The number of allylic oxidation sites excluding steroid dienone is 5. The molecule has 6 aromatic rings. The number of aromatic nitrogens is 1. The van der Waals surface area contributed by atoms with Gasteiger partial charge in [-0.2, -0.15) is 0 Å². The fraction of sp³-hybridized carbons (Fsp3) is 0.100. The van der Waals surface area contributed by atoms with Crippen molar-refractivity contribution >= 4 is 33.0 Å². The first kappa shape index (κ1) is 24.0. The summed E-state index contributed by atoms with van der Waals surface area (Å²) >= 11 is 0. The summed E-state index contributed by atoms with van der Waals surface area (Å²) in [5.41, 5.74) is 15.8. The number of hydrogen-bond donors (Lipinski definition) is 0. The van der Waals surface area contributed by atoms with Gasteiger partial charge in [0.05, 0.1) is 22.1 Å². The van der Waals surface area contributed by atoms with Gasteiger partial charge in [0.25, 0.3) is 0 Å². The number of rotatable bonds is 3. The summed E-state index contributed by atoms with van der Waals surface area (Å²) in [5.74, 6) is 0. The lowest BCUT2D eigenvalue weighted by Crippen LogP contribution is -2.35. The van der Waals surface area contributed by atoms with Crippen LogP contribution in [0.5, 0.6) is 0 Å². The highest BCUT2D eigenvalue weighted by molar-refractivity contribution is 6.14. The van der Waals surface area contributed by atoms with Crippen molar-refractivity contribution in [2.24, 2.45) is 0 Å². The first-order valence-electron chi connectivity index (χ1n) is 14.4. The molecule has 0 bridgehead atoms. The first-order chi connectivity index (χ1) is 20.1. The predicted octanol–water partition coefficient (Wildman–Crippen LogP) is 10.1. The van der Waals surface area contributed by atoms with Crippen molar-refractivity contribution in [2.75, 3.05) is 0 Å². The van der Waals surface area contributed by atoms with Gasteiger partial charge in [-0.1, -0.05) is 127 Å². The van der Waals surface area contributed by atoms with Crippen LogP contribution >= 0.6 is 0 Å². The van der Waals surface area contributed by atoms with Crippen LogP contribution in [0.15, 0.2) is 133 Å². The minimum absolute atomic E-state index is 0.513. The third kappa shape index (κ3) is 3.01. The minimum Gasteiger partial charge on any atom is -0.309 e. The topological polar surface area (TPSA) is 4.93 Å². The normalized spacial score (nSPS) is 17.1. The van der Waals surface area contributed by atoms with Crippen LogP contribution < -0.4 is 0 Å². The van der Waals surface area contributed by atoms with Gasteiger partial charge >= 0.3 is 0 Å². The van der Waals surface area contributed by atoms with Gasteiger partial charge in [-0.25, -0.2) is 0 Å². The second-order valence-electron chi connectivity index (χ2n) is 11.5. The Morgan fingerprint density at radius 3 is 2.17 bits per heavy atom. The highest BCUT2D eigenvalue weighted by Crippen LogP contribution is 2.62. The molecule has 0 radical (unpaired) electrons. The first-order valence-corrected chi connectivity index (χ1v) is 14.4. The van der Waals surface area contributed by atoms with E-state index in [1.807, 2.05) is 0 Å². The van der Waals surface area contributed by atoms with Gasteiger partial charge in [0.2, 0.25) is 0 Å². The fourth-order valence-corrected chi connectivity index (χ4v) is 7.80. The lowest BCUT2D eigenvalue weighted by Gasteiger charge is -2.41. The van der Waals surface area contributed by atoms with Crippen molar-refractivity contribution < 1.29 is 0 Å². The quantitative estimate of drug-likeness (QED) is 0.217. The Hall–Kier alpha value is -4.88. The minimum atomic E-state index is -0.513. The van der Waals surface area contributed by atoms with Gasteiger partial charge in [0.15, 0.2) is 0 Å². The summed E-state index contributed by atoms with van der Waals surface area (Å²) in [6, 6.07) is 40.6. The molecule has 0 saturated heterocycles. The molecule has 0 amide bonds. The third-order valence-electron chi connectivity index (χ3n) is 9.12. The molecule has 0 fully saturated rings. The largest absolute Gasteiger partial charge is 0.309 e. The Kier molecular flexibility index (Phi) is 5.00. The molecule has 1 aromatic heterocycles. The average Bonchev–Trinajstić information content (AvgIpc) is 3.47. The smallest absolute Gasteiger partial charge is 0.0760 e. The Morgan fingerprint density at radius 1 is 0.707 bits per heavy atom. The van der Waals surface area contributed by atoms with Crippen LogP contribution in [0, 0.1) is 13.8 Å². The number of fused-ring (bicyclic) bond motifs is 9. The monoisotopic (exact) mass is 525 g/mol. The van der Waals surface area contributed by atoms with E-state index in [-0.39, 0.29) is 0 Å². The van der Waals surface area contributed by atoms with Crippen LogP contribution in [0.1, 0.15) is 45.9 Å². The van der Waals surface area contributed by atoms with E-state index in [4.69, 9.17) is 6.58 Å². The van der Waals surface area contributed by atoms with Gasteiger partial charge in [-0.3, -0.25) is 0 Å². The molecule has 1 spiro atoms. The zero-order valence-electron chi connectivity index (χ0n) is 23.7. The Bertz CT molecular complexity index is 2130. The summed E-state index contributed by atoms with van der Waals surface area (Å²) in [7, 11) is 0. The van der Waals surface area contributed by atoms with E-state index in [1.54, 1.807) is 0 Å². The van der Waals surface area contributed by atoms with Crippen molar-refractivity contribution in [2.45, 2.75) is 26.2 Å². The molecule has 2 heterocycles. The van der Waals surface area contributed by atoms with Crippen LogP contribution in [0.25, 0.3) is 38.6 Å². The summed E-state index contributed by atoms with van der Waals surface area (Å²) in [6.45, 7) is 11.4. The molecule has 0 N–H and O–H groups in total. The molecule has 1 aliphatic carbocycles. The number of aryl methyl sites for hydroxylation is 2. The van der Waals surface area contributed by atoms with Crippen molar-refractivity contribution in [1.82, 2.24) is 4.57 Å². The molecule has 1 nitrogen and oxygen atoms in total. The summed E-state index contributed by atoms with van der Waals surface area (Å²) in [6.07, 6.45) is 4.47.